The summed E-state index contributed by atoms with van der Waals surface area (Å²) in [5, 5.41) is 6.00. The van der Waals surface area contributed by atoms with Gasteiger partial charge in [0.05, 0.1) is 10.7 Å². The van der Waals surface area contributed by atoms with Crippen LogP contribution in [0.4, 0.5) is 0 Å². The van der Waals surface area contributed by atoms with E-state index >= 15 is 0 Å². The van der Waals surface area contributed by atoms with E-state index in [0.717, 1.165) is 38.7 Å². The second-order valence-electron chi connectivity index (χ2n) is 6.28. The lowest BCUT2D eigenvalue weighted by Crippen LogP contribution is -2.28. The van der Waals surface area contributed by atoms with Crippen molar-refractivity contribution >= 4 is 17.2 Å². The van der Waals surface area contributed by atoms with Gasteiger partial charge in [0.15, 0.2) is 6.61 Å². The molecule has 1 amide bonds. The molecule has 0 atom stereocenters. The highest BCUT2D eigenvalue weighted by Gasteiger charge is 2.06. The molecule has 0 bridgehead atoms. The minimum atomic E-state index is -0.134. The van der Waals surface area contributed by atoms with Crippen LogP contribution in [-0.2, 0) is 11.3 Å². The number of rotatable bonds is 6. The maximum Gasteiger partial charge on any atom is 0.258 e. The number of hydrogen-bond acceptors (Lipinski definition) is 4. The van der Waals surface area contributed by atoms with Crippen LogP contribution in [0.3, 0.4) is 0 Å². The molecule has 0 fully saturated rings. The van der Waals surface area contributed by atoms with Crippen LogP contribution in [0.1, 0.15) is 21.7 Å². The second-order valence-corrected chi connectivity index (χ2v) is 7.35. The van der Waals surface area contributed by atoms with Gasteiger partial charge in [-0.3, -0.25) is 4.79 Å². The zero-order valence-electron chi connectivity index (χ0n) is 15.2. The number of benzene rings is 2. The van der Waals surface area contributed by atoms with Crippen LogP contribution in [0.5, 0.6) is 5.75 Å². The number of carbonyl (C=O) groups excluding carboxylic acids is 1. The maximum atomic E-state index is 12.0. The van der Waals surface area contributed by atoms with Gasteiger partial charge in [-0.15, -0.1) is 11.3 Å². The van der Waals surface area contributed by atoms with Crippen LogP contribution in [0.15, 0.2) is 47.8 Å². The molecule has 26 heavy (non-hydrogen) atoms. The molecule has 134 valence electrons. The molecule has 3 rings (SSSR count). The van der Waals surface area contributed by atoms with Gasteiger partial charge in [-0.1, -0.05) is 36.4 Å². The summed E-state index contributed by atoms with van der Waals surface area (Å²) < 4.78 is 5.63. The standard InChI is InChI=1S/C21H22N2O2S/c1-14-4-5-15(2)20(10-14)25-12-21(24)22-11-17-6-8-18(9-7-17)19-13-26-16(3)23-19/h4-10,13H,11-12H2,1-3H3,(H,22,24). The molecule has 1 aromatic heterocycles. The first-order valence-electron chi connectivity index (χ1n) is 8.49. The van der Waals surface area contributed by atoms with E-state index in [1.54, 1.807) is 11.3 Å². The highest BCUT2D eigenvalue weighted by Crippen LogP contribution is 2.22. The summed E-state index contributed by atoms with van der Waals surface area (Å²) in [5.74, 6) is 0.619. The highest BCUT2D eigenvalue weighted by molar-refractivity contribution is 7.09. The van der Waals surface area contributed by atoms with Gasteiger partial charge in [-0.2, -0.15) is 0 Å². The SMILES string of the molecule is Cc1ccc(C)c(OCC(=O)NCc2ccc(-c3csc(C)n3)cc2)c1. The average molecular weight is 366 g/mol. The monoisotopic (exact) mass is 366 g/mol. The van der Waals surface area contributed by atoms with Gasteiger partial charge in [0.2, 0.25) is 0 Å². The van der Waals surface area contributed by atoms with E-state index in [0.29, 0.717) is 6.54 Å². The third kappa shape index (κ3) is 4.70. The fourth-order valence-electron chi connectivity index (χ4n) is 2.55. The Kier molecular flexibility index (Phi) is 5.68. The molecule has 0 unspecified atom stereocenters. The molecule has 0 aliphatic carbocycles. The third-order valence-corrected chi connectivity index (χ3v) is 4.83. The van der Waals surface area contributed by atoms with E-state index < -0.39 is 0 Å². The van der Waals surface area contributed by atoms with Crippen LogP contribution in [0.2, 0.25) is 0 Å². The molecule has 5 heteroatoms. The molecular formula is C21H22N2O2S. The molecular weight excluding hydrogens is 344 g/mol. The Balaban J connectivity index is 1.50. The summed E-state index contributed by atoms with van der Waals surface area (Å²) in [4.78, 5) is 16.5. The minimum absolute atomic E-state index is 0.0144. The summed E-state index contributed by atoms with van der Waals surface area (Å²) in [5.41, 5.74) is 5.26. The van der Waals surface area contributed by atoms with Crippen molar-refractivity contribution in [1.82, 2.24) is 10.3 Å². The molecule has 0 saturated carbocycles. The first kappa shape index (κ1) is 18.1. The van der Waals surface area contributed by atoms with E-state index in [1.165, 1.54) is 0 Å². The Morgan fingerprint density at radius 2 is 1.88 bits per heavy atom. The number of nitrogens with zero attached hydrogens (tertiary/aromatic N) is 1. The fourth-order valence-corrected chi connectivity index (χ4v) is 3.17. The van der Waals surface area contributed by atoms with Gasteiger partial charge in [-0.05, 0) is 43.5 Å². The molecule has 3 aromatic rings. The van der Waals surface area contributed by atoms with Crippen molar-refractivity contribution in [2.45, 2.75) is 27.3 Å². The number of aromatic nitrogens is 1. The Bertz CT molecular complexity index is 901. The van der Waals surface area contributed by atoms with Crippen molar-refractivity contribution in [1.29, 1.82) is 0 Å². The number of ether oxygens (including phenoxy) is 1. The van der Waals surface area contributed by atoms with Gasteiger partial charge in [0, 0.05) is 17.5 Å². The van der Waals surface area contributed by atoms with E-state index in [2.05, 4.69) is 15.7 Å². The van der Waals surface area contributed by atoms with E-state index in [1.807, 2.05) is 63.2 Å². The Labute approximate surface area is 157 Å². The molecule has 0 saturated heterocycles. The quantitative estimate of drug-likeness (QED) is 0.702. The zero-order chi connectivity index (χ0) is 18.5. The zero-order valence-corrected chi connectivity index (χ0v) is 16.0. The lowest BCUT2D eigenvalue weighted by atomic mass is 10.1. The van der Waals surface area contributed by atoms with Crippen molar-refractivity contribution in [3.8, 4) is 17.0 Å². The number of aryl methyl sites for hydroxylation is 3. The Morgan fingerprint density at radius 3 is 2.58 bits per heavy atom. The van der Waals surface area contributed by atoms with Gasteiger partial charge in [0.25, 0.3) is 5.91 Å². The molecule has 0 aliphatic heterocycles. The van der Waals surface area contributed by atoms with Crippen LogP contribution in [-0.4, -0.2) is 17.5 Å². The van der Waals surface area contributed by atoms with E-state index in [4.69, 9.17) is 4.74 Å². The summed E-state index contributed by atoms with van der Waals surface area (Å²) >= 11 is 1.64. The summed E-state index contributed by atoms with van der Waals surface area (Å²) in [7, 11) is 0. The number of carbonyl (C=O) groups is 1. The molecule has 4 nitrogen and oxygen atoms in total. The van der Waals surface area contributed by atoms with Crippen molar-refractivity contribution in [2.75, 3.05) is 6.61 Å². The van der Waals surface area contributed by atoms with Crippen LogP contribution in [0, 0.1) is 20.8 Å². The van der Waals surface area contributed by atoms with Gasteiger partial charge >= 0.3 is 0 Å². The first-order chi connectivity index (χ1) is 12.5. The van der Waals surface area contributed by atoms with E-state index in [-0.39, 0.29) is 12.5 Å². The summed E-state index contributed by atoms with van der Waals surface area (Å²) in [6.07, 6.45) is 0. The van der Waals surface area contributed by atoms with Crippen LogP contribution in [0.25, 0.3) is 11.3 Å². The number of nitrogens with one attached hydrogen (secondary N) is 1. The van der Waals surface area contributed by atoms with Crippen LogP contribution < -0.4 is 10.1 Å². The molecule has 0 spiro atoms. The van der Waals surface area contributed by atoms with Crippen molar-refractivity contribution in [2.24, 2.45) is 0 Å². The number of hydrogen-bond donors (Lipinski definition) is 1. The third-order valence-electron chi connectivity index (χ3n) is 4.06. The van der Waals surface area contributed by atoms with Crippen LogP contribution >= 0.6 is 11.3 Å². The average Bonchev–Trinajstić information content (AvgIpc) is 3.07. The first-order valence-corrected chi connectivity index (χ1v) is 9.37. The highest BCUT2D eigenvalue weighted by atomic mass is 32.1. The maximum absolute atomic E-state index is 12.0. The number of thiazole rings is 1. The lowest BCUT2D eigenvalue weighted by Gasteiger charge is -2.10. The topological polar surface area (TPSA) is 51.2 Å². The summed E-state index contributed by atoms with van der Waals surface area (Å²) in [6, 6.07) is 14.0. The second kappa shape index (κ2) is 8.15. The molecule has 0 aliphatic rings. The van der Waals surface area contributed by atoms with Crippen molar-refractivity contribution in [3.05, 3.63) is 69.5 Å². The molecule has 0 radical (unpaired) electrons. The van der Waals surface area contributed by atoms with Crippen molar-refractivity contribution in [3.63, 3.8) is 0 Å². The molecule has 1 N–H and O–H groups in total. The van der Waals surface area contributed by atoms with E-state index in [9.17, 15) is 4.79 Å². The summed E-state index contributed by atoms with van der Waals surface area (Å²) in [6.45, 7) is 6.46. The Hall–Kier alpha value is -2.66. The van der Waals surface area contributed by atoms with Gasteiger partial charge < -0.3 is 10.1 Å². The largest absolute Gasteiger partial charge is 0.483 e. The smallest absolute Gasteiger partial charge is 0.258 e. The van der Waals surface area contributed by atoms with Gasteiger partial charge in [-0.25, -0.2) is 4.98 Å². The predicted octanol–water partition coefficient (Wildman–Crippen LogP) is 4.43. The Morgan fingerprint density at radius 1 is 1.12 bits per heavy atom. The van der Waals surface area contributed by atoms with Gasteiger partial charge in [0.1, 0.15) is 5.75 Å². The molecule has 1 heterocycles. The molecule has 2 aromatic carbocycles. The predicted molar refractivity (Wildman–Crippen MR) is 106 cm³/mol. The number of amides is 1. The lowest BCUT2D eigenvalue weighted by molar-refractivity contribution is -0.123. The fraction of sp³-hybridized carbons (Fsp3) is 0.238. The van der Waals surface area contributed by atoms with Crippen molar-refractivity contribution < 1.29 is 9.53 Å². The minimum Gasteiger partial charge on any atom is -0.483 e. The normalized spacial score (nSPS) is 10.6.